The Morgan fingerprint density at radius 1 is 1.19 bits per heavy atom. The fourth-order valence-electron chi connectivity index (χ4n) is 3.94. The van der Waals surface area contributed by atoms with E-state index in [1.54, 1.807) is 13.8 Å². The van der Waals surface area contributed by atoms with E-state index in [1.165, 1.54) is 22.3 Å². The number of benzene rings is 1. The number of hydrogen-bond donors (Lipinski definition) is 1. The van der Waals surface area contributed by atoms with Crippen molar-refractivity contribution in [3.8, 4) is 0 Å². The summed E-state index contributed by atoms with van der Waals surface area (Å²) in [5.74, 6) is -0.0141. The van der Waals surface area contributed by atoms with Gasteiger partial charge >= 0.3 is 5.97 Å². The zero-order valence-electron chi connectivity index (χ0n) is 15.1. The first-order chi connectivity index (χ1) is 12.6. The molecule has 0 atom stereocenters. The van der Waals surface area contributed by atoms with Crippen molar-refractivity contribution in [1.82, 2.24) is 4.98 Å². The molecule has 1 aromatic heterocycles. The number of thiazole rings is 1. The fourth-order valence-corrected chi connectivity index (χ4v) is 4.66. The third kappa shape index (κ3) is 3.03. The lowest BCUT2D eigenvalue weighted by Crippen LogP contribution is -2.11. The summed E-state index contributed by atoms with van der Waals surface area (Å²) in [5.41, 5.74) is 6.64. The average Bonchev–Trinajstić information content (AvgIpc) is 3.32. The Kier molecular flexibility index (Phi) is 4.53. The molecule has 4 rings (SSSR count). The van der Waals surface area contributed by atoms with Crippen molar-refractivity contribution >= 4 is 35.1 Å². The summed E-state index contributed by atoms with van der Waals surface area (Å²) in [6.45, 7) is 3.59. The lowest BCUT2D eigenvalue weighted by atomic mass is 9.98. The number of aryl methyl sites for hydroxylation is 2. The minimum Gasteiger partial charge on any atom is -0.458 e. The van der Waals surface area contributed by atoms with E-state index in [0.29, 0.717) is 10.7 Å². The second-order valence-electron chi connectivity index (χ2n) is 7.16. The molecule has 26 heavy (non-hydrogen) atoms. The van der Waals surface area contributed by atoms with Crippen LogP contribution in [0.5, 0.6) is 0 Å². The first-order valence-electron chi connectivity index (χ1n) is 9.17. The zero-order chi connectivity index (χ0) is 18.3. The van der Waals surface area contributed by atoms with Gasteiger partial charge in [0.15, 0.2) is 12.1 Å². The predicted octanol–water partition coefficient (Wildman–Crippen LogP) is 4.24. The molecule has 0 saturated carbocycles. The minimum absolute atomic E-state index is 0.215. The van der Waals surface area contributed by atoms with Crippen LogP contribution in [0.25, 0.3) is 0 Å². The van der Waals surface area contributed by atoms with Crippen LogP contribution in [0, 0.1) is 0 Å². The number of anilines is 2. The Labute approximate surface area is 156 Å². The molecule has 6 heteroatoms. The van der Waals surface area contributed by atoms with Crippen LogP contribution in [0.4, 0.5) is 11.5 Å². The monoisotopic (exact) mass is 370 g/mol. The maximum Gasteiger partial charge on any atom is 0.367 e. The van der Waals surface area contributed by atoms with Crippen molar-refractivity contribution in [2.45, 2.75) is 58.5 Å². The van der Waals surface area contributed by atoms with E-state index < -0.39 is 5.97 Å². The van der Waals surface area contributed by atoms with Crippen molar-refractivity contribution < 1.29 is 14.3 Å². The van der Waals surface area contributed by atoms with E-state index in [9.17, 15) is 9.59 Å². The fraction of sp³-hybridized carbons (Fsp3) is 0.450. The number of ether oxygens (including phenoxy) is 1. The molecule has 2 aliphatic carbocycles. The summed E-state index contributed by atoms with van der Waals surface area (Å²) in [5, 5.41) is 3.63. The molecule has 0 bridgehead atoms. The van der Waals surface area contributed by atoms with Gasteiger partial charge in [-0.3, -0.25) is 4.79 Å². The quantitative estimate of drug-likeness (QED) is 0.630. The molecule has 136 valence electrons. The van der Waals surface area contributed by atoms with Crippen LogP contribution >= 0.6 is 11.3 Å². The Morgan fingerprint density at radius 3 is 2.42 bits per heavy atom. The van der Waals surface area contributed by atoms with Gasteiger partial charge in [-0.05, 0) is 74.6 Å². The maximum absolute atomic E-state index is 12.1. The smallest absolute Gasteiger partial charge is 0.367 e. The third-order valence-electron chi connectivity index (χ3n) is 4.99. The van der Waals surface area contributed by atoms with Crippen molar-refractivity contribution in [1.29, 1.82) is 0 Å². The van der Waals surface area contributed by atoms with E-state index in [0.717, 1.165) is 61.8 Å². The highest BCUT2D eigenvalue weighted by Crippen LogP contribution is 2.40. The number of rotatable bonds is 5. The van der Waals surface area contributed by atoms with Gasteiger partial charge in [0.2, 0.25) is 5.01 Å². The standard InChI is InChI=1S/C20H22N2O3S/c1-11(2)25-20(24)19-22-18(16(10-23)26-19)21-17-14-7-3-5-12(14)9-13-6-4-8-15(13)17/h9-11,21H,3-8H2,1-2H3. The van der Waals surface area contributed by atoms with Gasteiger partial charge < -0.3 is 10.1 Å². The molecule has 0 unspecified atom stereocenters. The third-order valence-corrected chi connectivity index (χ3v) is 5.95. The van der Waals surface area contributed by atoms with Crippen molar-refractivity contribution in [3.63, 3.8) is 0 Å². The Hall–Kier alpha value is -2.21. The van der Waals surface area contributed by atoms with Crippen LogP contribution in [-0.4, -0.2) is 23.3 Å². The van der Waals surface area contributed by atoms with Gasteiger partial charge in [0, 0.05) is 5.69 Å². The molecule has 5 nitrogen and oxygen atoms in total. The Balaban J connectivity index is 1.71. The highest BCUT2D eigenvalue weighted by Gasteiger charge is 2.26. The highest BCUT2D eigenvalue weighted by molar-refractivity contribution is 7.15. The van der Waals surface area contributed by atoms with E-state index in [-0.39, 0.29) is 11.1 Å². The van der Waals surface area contributed by atoms with E-state index in [4.69, 9.17) is 4.74 Å². The summed E-state index contributed by atoms with van der Waals surface area (Å²) in [7, 11) is 0. The van der Waals surface area contributed by atoms with Gasteiger partial charge in [0.25, 0.3) is 0 Å². The van der Waals surface area contributed by atoms with Gasteiger partial charge in [-0.25, -0.2) is 9.78 Å². The average molecular weight is 370 g/mol. The summed E-state index contributed by atoms with van der Waals surface area (Å²) in [6.07, 6.45) is 7.19. The molecule has 1 aromatic carbocycles. The first-order valence-corrected chi connectivity index (χ1v) is 9.99. The van der Waals surface area contributed by atoms with Gasteiger partial charge in [-0.15, -0.1) is 11.3 Å². The number of esters is 1. The van der Waals surface area contributed by atoms with Crippen LogP contribution in [-0.2, 0) is 30.4 Å². The SMILES string of the molecule is CC(C)OC(=O)c1nc(Nc2c3c(cc4c2CCC4)CCC3)c(C=O)s1. The lowest BCUT2D eigenvalue weighted by Gasteiger charge is -2.16. The number of nitrogens with one attached hydrogen (secondary N) is 1. The highest BCUT2D eigenvalue weighted by atomic mass is 32.1. The second kappa shape index (κ2) is 6.83. The summed E-state index contributed by atoms with van der Waals surface area (Å²) < 4.78 is 5.21. The lowest BCUT2D eigenvalue weighted by molar-refractivity contribution is 0.0377. The number of aromatic nitrogens is 1. The topological polar surface area (TPSA) is 68.3 Å². The Bertz CT molecular complexity index is 853. The summed E-state index contributed by atoms with van der Waals surface area (Å²) in [4.78, 5) is 28.5. The predicted molar refractivity (Wildman–Crippen MR) is 102 cm³/mol. The number of hydrogen-bond acceptors (Lipinski definition) is 6. The molecule has 0 aliphatic heterocycles. The first kappa shape index (κ1) is 17.2. The van der Waals surface area contributed by atoms with Crippen LogP contribution in [0.3, 0.4) is 0 Å². The van der Waals surface area contributed by atoms with E-state index in [2.05, 4.69) is 16.4 Å². The number of fused-ring (bicyclic) bond motifs is 2. The molecule has 2 aromatic rings. The molecular weight excluding hydrogens is 348 g/mol. The maximum atomic E-state index is 12.1. The molecule has 2 aliphatic rings. The van der Waals surface area contributed by atoms with E-state index >= 15 is 0 Å². The number of nitrogens with zero attached hydrogens (tertiary/aromatic N) is 1. The van der Waals surface area contributed by atoms with Crippen LogP contribution in [0.1, 0.15) is 68.4 Å². The van der Waals surface area contributed by atoms with Gasteiger partial charge in [0.05, 0.1) is 6.10 Å². The molecular formula is C20H22N2O3S. The number of carbonyl (C=O) groups excluding carboxylic acids is 2. The van der Waals surface area contributed by atoms with Crippen molar-refractivity contribution in [2.24, 2.45) is 0 Å². The Morgan fingerprint density at radius 2 is 1.85 bits per heavy atom. The van der Waals surface area contributed by atoms with Crippen LogP contribution < -0.4 is 5.32 Å². The second-order valence-corrected chi connectivity index (χ2v) is 8.19. The number of aldehydes is 1. The van der Waals surface area contributed by atoms with Crippen molar-refractivity contribution in [2.75, 3.05) is 5.32 Å². The summed E-state index contributed by atoms with van der Waals surface area (Å²) in [6, 6.07) is 2.36. The largest absolute Gasteiger partial charge is 0.458 e. The molecule has 0 fully saturated rings. The van der Waals surface area contributed by atoms with E-state index in [1.807, 2.05) is 0 Å². The molecule has 1 heterocycles. The molecule has 0 spiro atoms. The summed E-state index contributed by atoms with van der Waals surface area (Å²) >= 11 is 1.08. The minimum atomic E-state index is -0.482. The molecule has 0 saturated heterocycles. The molecule has 1 N–H and O–H groups in total. The van der Waals surface area contributed by atoms with Crippen LogP contribution in [0.15, 0.2) is 6.07 Å². The van der Waals surface area contributed by atoms with Gasteiger partial charge in [0.1, 0.15) is 4.88 Å². The normalized spacial score (nSPS) is 15.0. The van der Waals surface area contributed by atoms with Gasteiger partial charge in [-0.2, -0.15) is 0 Å². The van der Waals surface area contributed by atoms with Crippen molar-refractivity contribution in [3.05, 3.63) is 38.2 Å². The van der Waals surface area contributed by atoms with Gasteiger partial charge in [-0.1, -0.05) is 6.07 Å². The number of carbonyl (C=O) groups is 2. The zero-order valence-corrected chi connectivity index (χ0v) is 15.9. The molecule has 0 amide bonds. The van der Waals surface area contributed by atoms with Crippen LogP contribution in [0.2, 0.25) is 0 Å². The molecule has 0 radical (unpaired) electrons.